The summed E-state index contributed by atoms with van der Waals surface area (Å²) < 4.78 is 0. The highest BCUT2D eigenvalue weighted by atomic mass is 32.1. The zero-order valence-electron chi connectivity index (χ0n) is 13.4. The Morgan fingerprint density at radius 1 is 1.25 bits per heavy atom. The third kappa shape index (κ3) is 4.00. The lowest BCUT2D eigenvalue weighted by Gasteiger charge is -2.32. The SMILES string of the molecule is O=C(c1csc([N+](=O)[O-])c1)N1CCC(CCc2ccccc2)CC1. The Bertz CT molecular complexity index is 706. The molecule has 1 amide bonds. The number of thiophene rings is 1. The minimum Gasteiger partial charge on any atom is -0.339 e. The summed E-state index contributed by atoms with van der Waals surface area (Å²) in [4.78, 5) is 24.5. The van der Waals surface area contributed by atoms with Gasteiger partial charge in [-0.25, -0.2) is 0 Å². The Hall–Kier alpha value is -2.21. The van der Waals surface area contributed by atoms with Crippen LogP contribution in [0.2, 0.25) is 0 Å². The number of benzene rings is 1. The van der Waals surface area contributed by atoms with Crippen molar-refractivity contribution in [3.8, 4) is 0 Å². The van der Waals surface area contributed by atoms with E-state index in [2.05, 4.69) is 24.3 Å². The molecule has 5 nitrogen and oxygen atoms in total. The van der Waals surface area contributed by atoms with Crippen molar-refractivity contribution >= 4 is 22.2 Å². The molecule has 0 N–H and O–H groups in total. The molecule has 0 radical (unpaired) electrons. The molecule has 3 rings (SSSR count). The third-order valence-electron chi connectivity index (χ3n) is 4.60. The Kier molecular flexibility index (Phi) is 5.25. The van der Waals surface area contributed by atoms with Crippen LogP contribution >= 0.6 is 11.3 Å². The summed E-state index contributed by atoms with van der Waals surface area (Å²) in [7, 11) is 0. The maximum Gasteiger partial charge on any atom is 0.324 e. The summed E-state index contributed by atoms with van der Waals surface area (Å²) in [5.41, 5.74) is 1.80. The van der Waals surface area contributed by atoms with Crippen LogP contribution in [0.4, 0.5) is 5.00 Å². The fourth-order valence-corrected chi connectivity index (χ4v) is 3.85. The molecule has 1 fully saturated rings. The number of hydrogen-bond donors (Lipinski definition) is 0. The van der Waals surface area contributed by atoms with Gasteiger partial charge < -0.3 is 4.90 Å². The molecular weight excluding hydrogens is 324 g/mol. The molecule has 24 heavy (non-hydrogen) atoms. The molecular formula is C18H20N2O3S. The van der Waals surface area contributed by atoms with Crippen LogP contribution in [0.15, 0.2) is 41.8 Å². The average Bonchev–Trinajstić information content (AvgIpc) is 3.11. The van der Waals surface area contributed by atoms with Gasteiger partial charge in [-0.15, -0.1) is 0 Å². The highest BCUT2D eigenvalue weighted by Crippen LogP contribution is 2.27. The summed E-state index contributed by atoms with van der Waals surface area (Å²) in [6.07, 6.45) is 4.24. The second-order valence-corrected chi connectivity index (χ2v) is 7.08. The zero-order chi connectivity index (χ0) is 16.9. The maximum absolute atomic E-state index is 12.4. The van der Waals surface area contributed by atoms with E-state index in [0.29, 0.717) is 11.5 Å². The first kappa shape index (κ1) is 16.6. The van der Waals surface area contributed by atoms with Crippen molar-refractivity contribution < 1.29 is 9.72 Å². The lowest BCUT2D eigenvalue weighted by atomic mass is 9.90. The van der Waals surface area contributed by atoms with Gasteiger partial charge in [0.15, 0.2) is 0 Å². The Morgan fingerprint density at radius 2 is 1.96 bits per heavy atom. The monoisotopic (exact) mass is 344 g/mol. The molecule has 0 bridgehead atoms. The second-order valence-electron chi connectivity index (χ2n) is 6.19. The van der Waals surface area contributed by atoms with Gasteiger partial charge in [-0.1, -0.05) is 41.7 Å². The quantitative estimate of drug-likeness (QED) is 0.605. The number of aryl methyl sites for hydroxylation is 1. The fraction of sp³-hybridized carbons (Fsp3) is 0.389. The van der Waals surface area contributed by atoms with E-state index in [1.54, 1.807) is 5.38 Å². The number of carbonyl (C=O) groups excluding carboxylic acids is 1. The van der Waals surface area contributed by atoms with Gasteiger partial charge in [-0.2, -0.15) is 0 Å². The van der Waals surface area contributed by atoms with Crippen molar-refractivity contribution in [3.63, 3.8) is 0 Å². The average molecular weight is 344 g/mol. The van der Waals surface area contributed by atoms with E-state index < -0.39 is 4.92 Å². The van der Waals surface area contributed by atoms with Crippen molar-refractivity contribution in [1.29, 1.82) is 0 Å². The van der Waals surface area contributed by atoms with Gasteiger partial charge in [0.1, 0.15) is 0 Å². The minimum atomic E-state index is -0.447. The summed E-state index contributed by atoms with van der Waals surface area (Å²) in [6.45, 7) is 1.48. The number of nitro groups is 1. The lowest BCUT2D eigenvalue weighted by molar-refractivity contribution is -0.380. The van der Waals surface area contributed by atoms with Gasteiger partial charge in [-0.3, -0.25) is 14.9 Å². The van der Waals surface area contributed by atoms with Crippen LogP contribution in [0, 0.1) is 16.0 Å². The van der Waals surface area contributed by atoms with E-state index in [1.807, 2.05) is 11.0 Å². The van der Waals surface area contributed by atoms with Crippen molar-refractivity contribution in [2.75, 3.05) is 13.1 Å². The summed E-state index contributed by atoms with van der Waals surface area (Å²) in [6, 6.07) is 11.9. The Labute approximate surface area is 145 Å². The summed E-state index contributed by atoms with van der Waals surface area (Å²) >= 11 is 1.01. The molecule has 1 saturated heterocycles. The predicted molar refractivity (Wildman–Crippen MR) is 94.4 cm³/mol. The van der Waals surface area contributed by atoms with Crippen LogP contribution in [-0.4, -0.2) is 28.8 Å². The number of hydrogen-bond acceptors (Lipinski definition) is 4. The minimum absolute atomic E-state index is 0.0242. The first-order chi connectivity index (χ1) is 11.6. The first-order valence-corrected chi connectivity index (χ1v) is 9.07. The molecule has 0 unspecified atom stereocenters. The van der Waals surface area contributed by atoms with Crippen molar-refractivity contribution in [1.82, 2.24) is 4.90 Å². The molecule has 0 aliphatic carbocycles. The van der Waals surface area contributed by atoms with E-state index in [1.165, 1.54) is 11.6 Å². The van der Waals surface area contributed by atoms with Crippen LogP contribution < -0.4 is 0 Å². The smallest absolute Gasteiger partial charge is 0.324 e. The molecule has 1 aliphatic rings. The molecule has 1 aromatic heterocycles. The molecule has 0 atom stereocenters. The fourth-order valence-electron chi connectivity index (χ4n) is 3.16. The summed E-state index contributed by atoms with van der Waals surface area (Å²) in [5, 5.41) is 12.3. The number of rotatable bonds is 5. The normalized spacial score (nSPS) is 15.4. The van der Waals surface area contributed by atoms with E-state index in [-0.39, 0.29) is 10.9 Å². The molecule has 6 heteroatoms. The van der Waals surface area contributed by atoms with Gasteiger partial charge >= 0.3 is 5.00 Å². The van der Waals surface area contributed by atoms with Gasteiger partial charge in [0.2, 0.25) is 0 Å². The van der Waals surface area contributed by atoms with Crippen molar-refractivity contribution in [3.05, 3.63) is 63.0 Å². The number of piperidine rings is 1. The van der Waals surface area contributed by atoms with Gasteiger partial charge in [0.05, 0.1) is 10.5 Å². The number of amides is 1. The predicted octanol–water partition coefficient (Wildman–Crippen LogP) is 4.14. The molecule has 126 valence electrons. The Morgan fingerprint density at radius 3 is 2.58 bits per heavy atom. The van der Waals surface area contributed by atoms with Crippen molar-refractivity contribution in [2.24, 2.45) is 5.92 Å². The van der Waals surface area contributed by atoms with E-state index >= 15 is 0 Å². The van der Waals surface area contributed by atoms with E-state index in [9.17, 15) is 14.9 Å². The second kappa shape index (κ2) is 7.57. The highest BCUT2D eigenvalue weighted by molar-refractivity contribution is 7.13. The molecule has 2 heterocycles. The molecule has 2 aromatic rings. The zero-order valence-corrected chi connectivity index (χ0v) is 14.2. The van der Waals surface area contributed by atoms with Gasteiger partial charge in [0.25, 0.3) is 5.91 Å². The standard InChI is InChI=1S/C18H20N2O3S/c21-18(16-12-17(20(22)23)24-13-16)19-10-8-15(9-11-19)7-6-14-4-2-1-3-5-14/h1-5,12-13,15H,6-11H2. The number of likely N-dealkylation sites (tertiary alicyclic amines) is 1. The third-order valence-corrected chi connectivity index (χ3v) is 5.48. The number of nitrogens with zero attached hydrogens (tertiary/aromatic N) is 2. The number of carbonyl (C=O) groups is 1. The lowest BCUT2D eigenvalue weighted by Crippen LogP contribution is -2.38. The summed E-state index contributed by atoms with van der Waals surface area (Å²) in [5.74, 6) is 0.562. The van der Waals surface area contributed by atoms with Gasteiger partial charge in [0, 0.05) is 24.5 Å². The Balaban J connectivity index is 1.49. The van der Waals surface area contributed by atoms with Crippen LogP contribution in [0.25, 0.3) is 0 Å². The topological polar surface area (TPSA) is 63.4 Å². The highest BCUT2D eigenvalue weighted by Gasteiger charge is 2.25. The maximum atomic E-state index is 12.4. The van der Waals surface area contributed by atoms with Crippen molar-refractivity contribution in [2.45, 2.75) is 25.7 Å². The first-order valence-electron chi connectivity index (χ1n) is 8.19. The van der Waals surface area contributed by atoms with E-state index in [0.717, 1.165) is 50.1 Å². The van der Waals surface area contributed by atoms with Crippen LogP contribution in [0.5, 0.6) is 0 Å². The molecule has 0 saturated carbocycles. The molecule has 1 aliphatic heterocycles. The van der Waals surface area contributed by atoms with Crippen LogP contribution in [0.1, 0.15) is 35.2 Å². The largest absolute Gasteiger partial charge is 0.339 e. The van der Waals surface area contributed by atoms with Crippen LogP contribution in [0.3, 0.4) is 0 Å². The van der Waals surface area contributed by atoms with E-state index in [4.69, 9.17) is 0 Å². The molecule has 0 spiro atoms. The molecule has 1 aromatic carbocycles. The van der Waals surface area contributed by atoms with Crippen LogP contribution in [-0.2, 0) is 6.42 Å². The van der Waals surface area contributed by atoms with Gasteiger partial charge in [-0.05, 0) is 37.2 Å².